The molecule has 0 heterocycles. The number of nitrogens with one attached hydrogen (secondary N) is 1. The highest BCUT2D eigenvalue weighted by Gasteiger charge is 2.33. The molecular weight excluding hydrogens is 354 g/mol. The third-order valence-electron chi connectivity index (χ3n) is 2.77. The first kappa shape index (κ1) is 17.4. The molecule has 0 unspecified atom stereocenters. The zero-order valence-electron chi connectivity index (χ0n) is 11.5. The number of amides is 1. The van der Waals surface area contributed by atoms with Crippen molar-refractivity contribution in [3.05, 3.63) is 58.1 Å². The molecule has 0 saturated heterocycles. The minimum absolute atomic E-state index is 0.243. The van der Waals surface area contributed by atoms with Crippen molar-refractivity contribution in [3.8, 4) is 5.75 Å². The van der Waals surface area contributed by atoms with Crippen molar-refractivity contribution in [1.82, 2.24) is 0 Å². The van der Waals surface area contributed by atoms with E-state index in [1.807, 2.05) is 0 Å². The lowest BCUT2D eigenvalue weighted by atomic mass is 10.1. The van der Waals surface area contributed by atoms with E-state index in [9.17, 15) is 18.0 Å². The van der Waals surface area contributed by atoms with E-state index in [0.717, 1.165) is 6.07 Å². The third kappa shape index (κ3) is 4.77. The lowest BCUT2D eigenvalue weighted by Gasteiger charge is -2.13. The van der Waals surface area contributed by atoms with Crippen LogP contribution in [-0.2, 0) is 11.0 Å². The predicted octanol–water partition coefficient (Wildman–Crippen LogP) is 5.03. The van der Waals surface area contributed by atoms with E-state index in [1.165, 1.54) is 36.4 Å². The van der Waals surface area contributed by atoms with Gasteiger partial charge >= 0.3 is 6.18 Å². The average molecular weight is 364 g/mol. The lowest BCUT2D eigenvalue weighted by molar-refractivity contribution is -0.137. The fourth-order valence-electron chi connectivity index (χ4n) is 1.74. The molecule has 8 heteroatoms. The van der Waals surface area contributed by atoms with Crippen LogP contribution in [0.25, 0.3) is 0 Å². The van der Waals surface area contributed by atoms with Crippen molar-refractivity contribution in [2.75, 3.05) is 11.9 Å². The van der Waals surface area contributed by atoms with Gasteiger partial charge in [0.05, 0.1) is 21.3 Å². The predicted molar refractivity (Wildman–Crippen MR) is 82.0 cm³/mol. The summed E-state index contributed by atoms with van der Waals surface area (Å²) in [5.41, 5.74) is -1.26. The molecule has 23 heavy (non-hydrogen) atoms. The molecule has 2 aromatic carbocycles. The third-order valence-corrected chi connectivity index (χ3v) is 3.51. The van der Waals surface area contributed by atoms with Crippen LogP contribution in [0.4, 0.5) is 18.9 Å². The van der Waals surface area contributed by atoms with Gasteiger partial charge in [-0.15, -0.1) is 0 Å². The number of anilines is 1. The highest BCUT2D eigenvalue weighted by atomic mass is 35.5. The smallest absolute Gasteiger partial charge is 0.418 e. The number of alkyl halides is 3. The van der Waals surface area contributed by atoms with Gasteiger partial charge in [-0.25, -0.2) is 0 Å². The normalized spacial score (nSPS) is 11.2. The zero-order valence-corrected chi connectivity index (χ0v) is 13.0. The molecule has 0 aromatic heterocycles. The maximum Gasteiger partial charge on any atom is 0.418 e. The van der Waals surface area contributed by atoms with Crippen LogP contribution in [0.3, 0.4) is 0 Å². The molecule has 0 radical (unpaired) electrons. The number of halogens is 5. The summed E-state index contributed by atoms with van der Waals surface area (Å²) in [5.74, 6) is -0.452. The topological polar surface area (TPSA) is 38.3 Å². The van der Waals surface area contributed by atoms with Gasteiger partial charge in [0.1, 0.15) is 5.75 Å². The second kappa shape index (κ2) is 7.10. The highest BCUT2D eigenvalue weighted by molar-refractivity contribution is 6.42. The Hall–Kier alpha value is -1.92. The van der Waals surface area contributed by atoms with Gasteiger partial charge in [-0.2, -0.15) is 13.2 Å². The van der Waals surface area contributed by atoms with Crippen LogP contribution >= 0.6 is 23.2 Å². The van der Waals surface area contributed by atoms with Crippen LogP contribution in [0.15, 0.2) is 42.5 Å². The van der Waals surface area contributed by atoms with Crippen LogP contribution in [-0.4, -0.2) is 12.5 Å². The number of rotatable bonds is 4. The van der Waals surface area contributed by atoms with E-state index in [0.29, 0.717) is 5.02 Å². The van der Waals surface area contributed by atoms with E-state index in [4.69, 9.17) is 27.9 Å². The van der Waals surface area contributed by atoms with Crippen molar-refractivity contribution in [1.29, 1.82) is 0 Å². The molecular formula is C15H10Cl2F3NO2. The van der Waals surface area contributed by atoms with E-state index in [1.54, 1.807) is 0 Å². The van der Waals surface area contributed by atoms with Gasteiger partial charge in [0.15, 0.2) is 6.61 Å². The number of carbonyl (C=O) groups excluding carboxylic acids is 1. The summed E-state index contributed by atoms with van der Waals surface area (Å²) in [4.78, 5) is 11.8. The molecule has 0 aliphatic carbocycles. The molecule has 2 rings (SSSR count). The molecule has 0 fully saturated rings. The first-order valence-electron chi connectivity index (χ1n) is 6.31. The van der Waals surface area contributed by atoms with Crippen LogP contribution in [0.1, 0.15) is 5.56 Å². The van der Waals surface area contributed by atoms with Gasteiger partial charge in [0.2, 0.25) is 0 Å². The summed E-state index contributed by atoms with van der Waals surface area (Å²) in [6.45, 7) is -0.468. The molecule has 1 amide bonds. The number of para-hydroxylation sites is 1. The molecule has 3 nitrogen and oxygen atoms in total. The van der Waals surface area contributed by atoms with Gasteiger partial charge in [0.25, 0.3) is 5.91 Å². The minimum atomic E-state index is -4.56. The Balaban J connectivity index is 2.02. The van der Waals surface area contributed by atoms with Gasteiger partial charge < -0.3 is 10.1 Å². The summed E-state index contributed by atoms with van der Waals surface area (Å²) < 4.78 is 43.6. The lowest BCUT2D eigenvalue weighted by Crippen LogP contribution is -2.22. The fraction of sp³-hybridized carbons (Fsp3) is 0.133. The van der Waals surface area contributed by atoms with Crippen LogP contribution in [0.5, 0.6) is 5.75 Å². The molecule has 122 valence electrons. The number of hydrogen-bond acceptors (Lipinski definition) is 2. The summed E-state index contributed by atoms with van der Waals surface area (Å²) in [6, 6.07) is 9.06. The van der Waals surface area contributed by atoms with Crippen LogP contribution in [0.2, 0.25) is 10.0 Å². The van der Waals surface area contributed by atoms with Crippen LogP contribution in [0, 0.1) is 0 Å². The Morgan fingerprint density at radius 1 is 1.09 bits per heavy atom. The Morgan fingerprint density at radius 3 is 2.43 bits per heavy atom. The molecule has 0 saturated carbocycles. The summed E-state index contributed by atoms with van der Waals surface area (Å²) in [6.07, 6.45) is -4.56. The largest absolute Gasteiger partial charge is 0.484 e. The van der Waals surface area contributed by atoms with Gasteiger partial charge in [-0.05, 0) is 24.3 Å². The van der Waals surface area contributed by atoms with E-state index < -0.39 is 24.3 Å². The Morgan fingerprint density at radius 2 is 1.78 bits per heavy atom. The summed E-state index contributed by atoms with van der Waals surface area (Å²) in [5, 5.41) is 2.73. The van der Waals surface area contributed by atoms with Gasteiger partial charge in [-0.3, -0.25) is 4.79 Å². The second-order valence-corrected chi connectivity index (χ2v) is 5.27. The Labute approximate surface area is 140 Å². The zero-order chi connectivity index (χ0) is 17.0. The average Bonchev–Trinajstić information content (AvgIpc) is 2.48. The summed E-state index contributed by atoms with van der Waals surface area (Å²) >= 11 is 11.5. The summed E-state index contributed by atoms with van der Waals surface area (Å²) in [7, 11) is 0. The van der Waals surface area contributed by atoms with Gasteiger partial charge in [0, 0.05) is 6.07 Å². The maximum absolute atomic E-state index is 12.8. The monoisotopic (exact) mass is 363 g/mol. The minimum Gasteiger partial charge on any atom is -0.484 e. The van der Waals surface area contributed by atoms with Crippen molar-refractivity contribution >= 4 is 34.8 Å². The molecule has 0 spiro atoms. The number of hydrogen-bond donors (Lipinski definition) is 1. The molecule has 2 aromatic rings. The first-order valence-corrected chi connectivity index (χ1v) is 7.07. The van der Waals surface area contributed by atoms with Crippen molar-refractivity contribution in [2.24, 2.45) is 0 Å². The molecule has 0 bridgehead atoms. The maximum atomic E-state index is 12.8. The van der Waals surface area contributed by atoms with E-state index in [2.05, 4.69) is 5.32 Å². The molecule has 0 aliphatic rings. The fourth-order valence-corrected chi connectivity index (χ4v) is 2.03. The Kier molecular flexibility index (Phi) is 5.38. The van der Waals surface area contributed by atoms with Crippen molar-refractivity contribution in [2.45, 2.75) is 6.18 Å². The van der Waals surface area contributed by atoms with Crippen molar-refractivity contribution < 1.29 is 22.7 Å². The van der Waals surface area contributed by atoms with Crippen LogP contribution < -0.4 is 10.1 Å². The second-order valence-electron chi connectivity index (χ2n) is 4.46. The molecule has 0 aliphatic heterocycles. The SMILES string of the molecule is O=C(COc1ccc(Cl)c(Cl)c1)Nc1ccccc1C(F)(F)F. The molecule has 1 N–H and O–H groups in total. The first-order chi connectivity index (χ1) is 10.8. The molecule has 0 atom stereocenters. The van der Waals surface area contributed by atoms with E-state index in [-0.39, 0.29) is 16.5 Å². The van der Waals surface area contributed by atoms with Gasteiger partial charge in [-0.1, -0.05) is 35.3 Å². The number of carbonyl (C=O) groups is 1. The van der Waals surface area contributed by atoms with Crippen molar-refractivity contribution in [3.63, 3.8) is 0 Å². The quantitative estimate of drug-likeness (QED) is 0.827. The number of benzene rings is 2. The Bertz CT molecular complexity index is 720. The standard InChI is InChI=1S/C15H10Cl2F3NO2/c16-11-6-5-9(7-12(11)17)23-8-14(22)21-13-4-2-1-3-10(13)15(18,19)20/h1-7H,8H2,(H,21,22). The van der Waals surface area contributed by atoms with E-state index >= 15 is 0 Å². The highest BCUT2D eigenvalue weighted by Crippen LogP contribution is 2.34. The number of ether oxygens (including phenoxy) is 1.